The third-order valence-electron chi connectivity index (χ3n) is 3.01. The van der Waals surface area contributed by atoms with Crippen LogP contribution in [-0.4, -0.2) is 34.5 Å². The maximum Gasteiger partial charge on any atom is 0.328 e. The minimum Gasteiger partial charge on any atom is -0.478 e. The predicted octanol–water partition coefficient (Wildman–Crippen LogP) is 1.81. The van der Waals surface area contributed by atoms with Crippen LogP contribution in [0.5, 0.6) is 0 Å². The van der Waals surface area contributed by atoms with Crippen LogP contribution in [0, 0.1) is 0 Å². The summed E-state index contributed by atoms with van der Waals surface area (Å²) in [5.74, 6) is -1.26. The highest BCUT2D eigenvalue weighted by atomic mass is 16.4. The Balaban J connectivity index is 2.58. The molecule has 0 unspecified atom stereocenters. The van der Waals surface area contributed by atoms with Gasteiger partial charge < -0.3 is 10.0 Å². The molecule has 16 heavy (non-hydrogen) atoms. The molecule has 90 valence electrons. The predicted molar refractivity (Wildman–Crippen MR) is 61.0 cm³/mol. The van der Waals surface area contributed by atoms with Crippen LogP contribution in [0.3, 0.4) is 0 Å². The Bertz CT molecular complexity index is 280. The molecule has 1 N–H and O–H groups in total. The van der Waals surface area contributed by atoms with Gasteiger partial charge in [-0.2, -0.15) is 0 Å². The first-order chi connectivity index (χ1) is 7.65. The first kappa shape index (κ1) is 12.7. The van der Waals surface area contributed by atoms with Gasteiger partial charge in [0.05, 0.1) is 0 Å². The molecular formula is C12H19NO3. The molecule has 1 rings (SSSR count). The number of rotatable bonds is 4. The molecule has 0 bridgehead atoms. The minimum absolute atomic E-state index is 0.184. The van der Waals surface area contributed by atoms with E-state index in [1.807, 2.05) is 6.92 Å². The van der Waals surface area contributed by atoms with Crippen LogP contribution in [0.15, 0.2) is 12.2 Å². The zero-order valence-electron chi connectivity index (χ0n) is 9.69. The SMILES string of the molecule is CCN(C(=O)/C=C/C(=O)O)C1CCCCC1. The number of hydrogen-bond donors (Lipinski definition) is 1. The van der Waals surface area contributed by atoms with Crippen molar-refractivity contribution in [3.05, 3.63) is 12.2 Å². The molecule has 1 aliphatic rings. The molecule has 0 atom stereocenters. The molecule has 0 heterocycles. The summed E-state index contributed by atoms with van der Waals surface area (Å²) in [5.41, 5.74) is 0. The van der Waals surface area contributed by atoms with E-state index < -0.39 is 5.97 Å². The lowest BCUT2D eigenvalue weighted by Crippen LogP contribution is -2.40. The van der Waals surface area contributed by atoms with E-state index in [1.54, 1.807) is 4.90 Å². The fourth-order valence-electron chi connectivity index (χ4n) is 2.23. The van der Waals surface area contributed by atoms with E-state index in [1.165, 1.54) is 6.42 Å². The van der Waals surface area contributed by atoms with Crippen molar-refractivity contribution in [1.82, 2.24) is 4.90 Å². The molecule has 0 aliphatic heterocycles. The second-order valence-electron chi connectivity index (χ2n) is 4.09. The Labute approximate surface area is 95.9 Å². The van der Waals surface area contributed by atoms with Crippen LogP contribution in [0.1, 0.15) is 39.0 Å². The summed E-state index contributed by atoms with van der Waals surface area (Å²) >= 11 is 0. The van der Waals surface area contributed by atoms with Crippen LogP contribution >= 0.6 is 0 Å². The lowest BCUT2D eigenvalue weighted by molar-refractivity contribution is -0.133. The number of likely N-dealkylation sites (N-methyl/N-ethyl adjacent to an activating group) is 1. The van der Waals surface area contributed by atoms with Gasteiger partial charge in [-0.3, -0.25) is 4.79 Å². The summed E-state index contributed by atoms with van der Waals surface area (Å²) in [6.45, 7) is 2.58. The van der Waals surface area contributed by atoms with Crippen LogP contribution in [0.25, 0.3) is 0 Å². The lowest BCUT2D eigenvalue weighted by atomic mass is 9.94. The van der Waals surface area contributed by atoms with Crippen molar-refractivity contribution in [2.45, 2.75) is 45.1 Å². The van der Waals surface area contributed by atoms with Crippen molar-refractivity contribution >= 4 is 11.9 Å². The Morgan fingerprint density at radius 1 is 1.25 bits per heavy atom. The topological polar surface area (TPSA) is 57.6 Å². The molecule has 0 aromatic rings. The first-order valence-electron chi connectivity index (χ1n) is 5.86. The molecular weight excluding hydrogens is 206 g/mol. The molecule has 1 aliphatic carbocycles. The summed E-state index contributed by atoms with van der Waals surface area (Å²) in [4.78, 5) is 23.9. The van der Waals surface area contributed by atoms with E-state index in [2.05, 4.69) is 0 Å². The summed E-state index contributed by atoms with van der Waals surface area (Å²) in [7, 11) is 0. The van der Waals surface area contributed by atoms with Crippen molar-refractivity contribution in [3.63, 3.8) is 0 Å². The summed E-state index contributed by atoms with van der Waals surface area (Å²) in [6.07, 6.45) is 7.72. The van der Waals surface area contributed by atoms with E-state index in [9.17, 15) is 9.59 Å². The highest BCUT2D eigenvalue weighted by Gasteiger charge is 2.22. The third-order valence-corrected chi connectivity index (χ3v) is 3.01. The largest absolute Gasteiger partial charge is 0.478 e. The van der Waals surface area contributed by atoms with Crippen LogP contribution in [-0.2, 0) is 9.59 Å². The van der Waals surface area contributed by atoms with Crippen molar-refractivity contribution in [2.24, 2.45) is 0 Å². The van der Waals surface area contributed by atoms with E-state index in [0.717, 1.165) is 37.8 Å². The zero-order valence-corrected chi connectivity index (χ0v) is 9.69. The van der Waals surface area contributed by atoms with Gasteiger partial charge in [-0.05, 0) is 19.8 Å². The van der Waals surface area contributed by atoms with Gasteiger partial charge >= 0.3 is 5.97 Å². The molecule has 0 saturated heterocycles. The fourth-order valence-corrected chi connectivity index (χ4v) is 2.23. The third kappa shape index (κ3) is 3.68. The molecule has 0 aromatic heterocycles. The van der Waals surface area contributed by atoms with Crippen molar-refractivity contribution in [1.29, 1.82) is 0 Å². The highest BCUT2D eigenvalue weighted by molar-refractivity contribution is 5.94. The molecule has 0 aromatic carbocycles. The van der Waals surface area contributed by atoms with Gasteiger partial charge in [0.1, 0.15) is 0 Å². The normalized spacial score (nSPS) is 17.6. The Morgan fingerprint density at radius 3 is 2.38 bits per heavy atom. The number of carboxylic acid groups (broad SMARTS) is 1. The van der Waals surface area contributed by atoms with Gasteiger partial charge in [-0.15, -0.1) is 0 Å². The molecule has 4 nitrogen and oxygen atoms in total. The summed E-state index contributed by atoms with van der Waals surface area (Å²) in [5, 5.41) is 8.47. The zero-order chi connectivity index (χ0) is 12.0. The van der Waals surface area contributed by atoms with Gasteiger partial charge in [0.2, 0.25) is 5.91 Å². The maximum absolute atomic E-state index is 11.8. The number of carbonyl (C=O) groups is 2. The first-order valence-corrected chi connectivity index (χ1v) is 5.86. The van der Waals surface area contributed by atoms with Gasteiger partial charge in [-0.1, -0.05) is 19.3 Å². The summed E-state index contributed by atoms with van der Waals surface area (Å²) in [6, 6.07) is 0.296. The Kier molecular flexibility index (Phi) is 5.02. The van der Waals surface area contributed by atoms with E-state index in [0.29, 0.717) is 12.6 Å². The van der Waals surface area contributed by atoms with E-state index >= 15 is 0 Å². The summed E-state index contributed by atoms with van der Waals surface area (Å²) < 4.78 is 0. The second-order valence-corrected chi connectivity index (χ2v) is 4.09. The number of aliphatic carboxylic acids is 1. The average Bonchev–Trinajstić information content (AvgIpc) is 2.29. The van der Waals surface area contributed by atoms with Gasteiger partial charge in [0.25, 0.3) is 0 Å². The number of carboxylic acids is 1. The number of carbonyl (C=O) groups excluding carboxylic acids is 1. The van der Waals surface area contributed by atoms with Crippen LogP contribution < -0.4 is 0 Å². The number of hydrogen-bond acceptors (Lipinski definition) is 2. The standard InChI is InChI=1S/C12H19NO3/c1-2-13(10-6-4-3-5-7-10)11(14)8-9-12(15)16/h8-10H,2-7H2,1H3,(H,15,16)/b9-8+. The quantitative estimate of drug-likeness (QED) is 0.742. The average molecular weight is 225 g/mol. The molecule has 0 spiro atoms. The van der Waals surface area contributed by atoms with Crippen LogP contribution in [0.4, 0.5) is 0 Å². The van der Waals surface area contributed by atoms with Crippen LogP contribution in [0.2, 0.25) is 0 Å². The highest BCUT2D eigenvalue weighted by Crippen LogP contribution is 2.22. The van der Waals surface area contributed by atoms with E-state index in [4.69, 9.17) is 5.11 Å². The smallest absolute Gasteiger partial charge is 0.328 e. The molecule has 0 radical (unpaired) electrons. The molecule has 1 saturated carbocycles. The molecule has 1 amide bonds. The molecule has 1 fully saturated rings. The van der Waals surface area contributed by atoms with Crippen molar-refractivity contribution < 1.29 is 14.7 Å². The number of nitrogens with zero attached hydrogens (tertiary/aromatic N) is 1. The fraction of sp³-hybridized carbons (Fsp3) is 0.667. The number of amides is 1. The van der Waals surface area contributed by atoms with Gasteiger partial charge in [0, 0.05) is 24.7 Å². The van der Waals surface area contributed by atoms with Crippen molar-refractivity contribution in [2.75, 3.05) is 6.54 Å². The maximum atomic E-state index is 11.8. The van der Waals surface area contributed by atoms with Crippen molar-refractivity contribution in [3.8, 4) is 0 Å². The molecule has 4 heteroatoms. The lowest BCUT2D eigenvalue weighted by Gasteiger charge is -2.32. The Morgan fingerprint density at radius 2 is 1.88 bits per heavy atom. The Hall–Kier alpha value is -1.32. The van der Waals surface area contributed by atoms with Gasteiger partial charge in [-0.25, -0.2) is 4.79 Å². The van der Waals surface area contributed by atoms with E-state index in [-0.39, 0.29) is 5.91 Å². The minimum atomic E-state index is -1.08. The van der Waals surface area contributed by atoms with Gasteiger partial charge in [0.15, 0.2) is 0 Å². The monoisotopic (exact) mass is 225 g/mol. The second kappa shape index (κ2) is 6.30.